The van der Waals surface area contributed by atoms with Crippen molar-refractivity contribution in [1.82, 2.24) is 15.1 Å². The summed E-state index contributed by atoms with van der Waals surface area (Å²) in [5, 5.41) is 6.12. The lowest BCUT2D eigenvalue weighted by Crippen LogP contribution is -2.50. The van der Waals surface area contributed by atoms with Crippen molar-refractivity contribution in [2.75, 3.05) is 38.0 Å². The van der Waals surface area contributed by atoms with Gasteiger partial charge in [0.2, 0.25) is 17.7 Å². The third-order valence-corrected chi connectivity index (χ3v) is 6.15. The van der Waals surface area contributed by atoms with E-state index in [4.69, 9.17) is 0 Å². The van der Waals surface area contributed by atoms with Gasteiger partial charge in [-0.1, -0.05) is 39.0 Å². The first-order valence-electron chi connectivity index (χ1n) is 11.4. The highest BCUT2D eigenvalue weighted by molar-refractivity contribution is 5.92. The van der Waals surface area contributed by atoms with Gasteiger partial charge in [-0.15, -0.1) is 0 Å². The Balaban J connectivity index is 1.36. The number of nitrogens with one attached hydrogen (secondary N) is 2. The van der Waals surface area contributed by atoms with Crippen LogP contribution in [0, 0.1) is 11.3 Å². The van der Waals surface area contributed by atoms with Crippen LogP contribution in [0.25, 0.3) is 0 Å². The standard InChI is InChI=1S/C24H36N4O3/c1-24(2,3)23(31)28-15-9-18(10-16-28)22(30)26-20-11-13-27(14-12-20)17-21(29)25-19-7-5-4-6-8-19/h4-8,18,20H,9-17H2,1-3H3,(H,25,29)(H,26,30). The van der Waals surface area contributed by atoms with Crippen LogP contribution in [0.1, 0.15) is 46.5 Å². The number of carbonyl (C=O) groups is 3. The number of piperidine rings is 2. The predicted molar refractivity (Wildman–Crippen MR) is 121 cm³/mol. The number of likely N-dealkylation sites (tertiary alicyclic amines) is 2. The molecular formula is C24H36N4O3. The minimum absolute atomic E-state index is 0.00903. The molecule has 7 nitrogen and oxygen atoms in total. The number of rotatable bonds is 5. The number of amides is 3. The minimum Gasteiger partial charge on any atom is -0.353 e. The molecule has 2 heterocycles. The molecule has 0 radical (unpaired) electrons. The quantitative estimate of drug-likeness (QED) is 0.755. The van der Waals surface area contributed by atoms with E-state index >= 15 is 0 Å². The lowest BCUT2D eigenvalue weighted by molar-refractivity contribution is -0.142. The molecule has 2 N–H and O–H groups in total. The van der Waals surface area contributed by atoms with E-state index in [0.29, 0.717) is 19.6 Å². The molecule has 31 heavy (non-hydrogen) atoms. The average molecular weight is 429 g/mol. The molecule has 2 aliphatic heterocycles. The summed E-state index contributed by atoms with van der Waals surface area (Å²) in [6.45, 7) is 9.09. The highest BCUT2D eigenvalue weighted by Gasteiger charge is 2.33. The normalized spacial score (nSPS) is 19.1. The van der Waals surface area contributed by atoms with Gasteiger partial charge >= 0.3 is 0 Å². The van der Waals surface area contributed by atoms with Gasteiger partial charge < -0.3 is 15.5 Å². The Labute approximate surface area is 185 Å². The molecule has 0 unspecified atom stereocenters. The number of nitrogens with zero attached hydrogens (tertiary/aromatic N) is 2. The van der Waals surface area contributed by atoms with Crippen molar-refractivity contribution < 1.29 is 14.4 Å². The molecule has 2 saturated heterocycles. The maximum absolute atomic E-state index is 12.7. The molecule has 170 valence electrons. The summed E-state index contributed by atoms with van der Waals surface area (Å²) in [4.78, 5) is 41.4. The highest BCUT2D eigenvalue weighted by Crippen LogP contribution is 2.24. The maximum atomic E-state index is 12.7. The van der Waals surface area contributed by atoms with Crippen molar-refractivity contribution in [2.24, 2.45) is 11.3 Å². The van der Waals surface area contributed by atoms with Gasteiger partial charge in [-0.3, -0.25) is 19.3 Å². The first-order chi connectivity index (χ1) is 14.7. The lowest BCUT2D eigenvalue weighted by Gasteiger charge is -2.36. The molecule has 0 aromatic heterocycles. The predicted octanol–water partition coefficient (Wildman–Crippen LogP) is 2.49. The van der Waals surface area contributed by atoms with Crippen molar-refractivity contribution in [3.63, 3.8) is 0 Å². The second-order valence-corrected chi connectivity index (χ2v) is 9.79. The molecule has 1 aromatic rings. The van der Waals surface area contributed by atoms with Gasteiger partial charge in [0.25, 0.3) is 0 Å². The first-order valence-corrected chi connectivity index (χ1v) is 11.4. The van der Waals surface area contributed by atoms with E-state index in [-0.39, 0.29) is 35.1 Å². The summed E-state index contributed by atoms with van der Waals surface area (Å²) >= 11 is 0. The van der Waals surface area contributed by atoms with Crippen LogP contribution in [0.15, 0.2) is 30.3 Å². The summed E-state index contributed by atoms with van der Waals surface area (Å²) in [5.41, 5.74) is 0.436. The van der Waals surface area contributed by atoms with Gasteiger partial charge in [0.15, 0.2) is 0 Å². The zero-order chi connectivity index (χ0) is 22.4. The second-order valence-electron chi connectivity index (χ2n) is 9.79. The van der Waals surface area contributed by atoms with Crippen molar-refractivity contribution in [3.05, 3.63) is 30.3 Å². The molecule has 1 aromatic carbocycles. The van der Waals surface area contributed by atoms with E-state index in [2.05, 4.69) is 15.5 Å². The van der Waals surface area contributed by atoms with Gasteiger partial charge in [-0.2, -0.15) is 0 Å². The summed E-state index contributed by atoms with van der Waals surface area (Å²) < 4.78 is 0. The van der Waals surface area contributed by atoms with Crippen molar-refractivity contribution in [3.8, 4) is 0 Å². The fourth-order valence-corrected chi connectivity index (χ4v) is 4.30. The van der Waals surface area contributed by atoms with E-state index in [1.807, 2.05) is 56.0 Å². The lowest BCUT2D eigenvalue weighted by atomic mass is 9.90. The molecule has 0 aliphatic carbocycles. The van der Waals surface area contributed by atoms with Crippen LogP contribution < -0.4 is 10.6 Å². The van der Waals surface area contributed by atoms with Gasteiger partial charge in [-0.05, 0) is 37.8 Å². The third kappa shape index (κ3) is 6.79. The molecule has 0 saturated carbocycles. The number of hydrogen-bond donors (Lipinski definition) is 2. The van der Waals surface area contributed by atoms with E-state index in [9.17, 15) is 14.4 Å². The maximum Gasteiger partial charge on any atom is 0.238 e. The number of anilines is 1. The molecule has 3 rings (SSSR count). The SMILES string of the molecule is CC(C)(C)C(=O)N1CCC(C(=O)NC2CCN(CC(=O)Nc3ccccc3)CC2)CC1. The van der Waals surface area contributed by atoms with Crippen LogP contribution in [0.2, 0.25) is 0 Å². The topological polar surface area (TPSA) is 81.8 Å². The largest absolute Gasteiger partial charge is 0.353 e. The van der Waals surface area contributed by atoms with E-state index in [1.54, 1.807) is 0 Å². The monoisotopic (exact) mass is 428 g/mol. The van der Waals surface area contributed by atoms with Crippen LogP contribution in [0.5, 0.6) is 0 Å². The van der Waals surface area contributed by atoms with Crippen molar-refractivity contribution in [1.29, 1.82) is 0 Å². The van der Waals surface area contributed by atoms with Crippen LogP contribution in [-0.4, -0.2) is 66.3 Å². The van der Waals surface area contributed by atoms with Gasteiger partial charge in [-0.25, -0.2) is 0 Å². The smallest absolute Gasteiger partial charge is 0.238 e. The Morgan fingerprint density at radius 1 is 0.935 bits per heavy atom. The third-order valence-electron chi connectivity index (χ3n) is 6.15. The van der Waals surface area contributed by atoms with Crippen molar-refractivity contribution in [2.45, 2.75) is 52.5 Å². The molecule has 0 bridgehead atoms. The number of para-hydroxylation sites is 1. The van der Waals surface area contributed by atoms with E-state index in [1.165, 1.54) is 0 Å². The molecule has 3 amide bonds. The Morgan fingerprint density at radius 3 is 2.13 bits per heavy atom. The molecular weight excluding hydrogens is 392 g/mol. The van der Waals surface area contributed by atoms with Crippen LogP contribution in [0.3, 0.4) is 0 Å². The number of hydrogen-bond acceptors (Lipinski definition) is 4. The highest BCUT2D eigenvalue weighted by atomic mass is 16.2. The fourth-order valence-electron chi connectivity index (χ4n) is 4.30. The number of carbonyl (C=O) groups excluding carboxylic acids is 3. The van der Waals surface area contributed by atoms with Crippen molar-refractivity contribution >= 4 is 23.4 Å². The number of benzene rings is 1. The van der Waals surface area contributed by atoms with Gasteiger partial charge in [0.1, 0.15) is 0 Å². The average Bonchev–Trinajstić information content (AvgIpc) is 2.74. The summed E-state index contributed by atoms with van der Waals surface area (Å²) in [7, 11) is 0. The zero-order valence-corrected chi connectivity index (χ0v) is 19.0. The Bertz CT molecular complexity index is 759. The Hall–Kier alpha value is -2.41. The Morgan fingerprint density at radius 2 is 1.55 bits per heavy atom. The first kappa shape index (κ1) is 23.3. The summed E-state index contributed by atoms with van der Waals surface area (Å²) in [6, 6.07) is 9.64. The summed E-state index contributed by atoms with van der Waals surface area (Å²) in [5.74, 6) is 0.252. The molecule has 2 fully saturated rings. The Kier molecular flexibility index (Phi) is 7.70. The molecule has 7 heteroatoms. The van der Waals surface area contributed by atoms with Crippen LogP contribution >= 0.6 is 0 Å². The van der Waals surface area contributed by atoms with Crippen LogP contribution in [0.4, 0.5) is 5.69 Å². The molecule has 0 spiro atoms. The van der Waals surface area contributed by atoms with Gasteiger partial charge in [0.05, 0.1) is 6.54 Å². The van der Waals surface area contributed by atoms with E-state index in [0.717, 1.165) is 44.5 Å². The zero-order valence-electron chi connectivity index (χ0n) is 19.0. The van der Waals surface area contributed by atoms with Crippen LogP contribution in [-0.2, 0) is 14.4 Å². The fraction of sp³-hybridized carbons (Fsp3) is 0.625. The molecule has 2 aliphatic rings. The second kappa shape index (κ2) is 10.3. The van der Waals surface area contributed by atoms with E-state index < -0.39 is 0 Å². The van der Waals surface area contributed by atoms with Gasteiger partial charge in [0, 0.05) is 49.2 Å². The summed E-state index contributed by atoms with van der Waals surface area (Å²) in [6.07, 6.45) is 3.16. The minimum atomic E-state index is -0.374. The molecule has 0 atom stereocenters.